The maximum absolute atomic E-state index is 12.1. The summed E-state index contributed by atoms with van der Waals surface area (Å²) in [6, 6.07) is 12.4. The van der Waals surface area contributed by atoms with Crippen molar-refractivity contribution < 1.29 is 23.8 Å². The summed E-state index contributed by atoms with van der Waals surface area (Å²) < 4.78 is 11.9. The molecule has 3 aromatic rings. The highest BCUT2D eigenvalue weighted by atomic mass is 32.2. The molecule has 0 saturated carbocycles. The van der Waals surface area contributed by atoms with Crippen LogP contribution in [0.5, 0.6) is 11.5 Å². The Hall–Kier alpha value is -3.23. The molecular formula is C25H24N2O5S. The number of phenols is 1. The number of fused-ring (bicyclic) bond motifs is 1. The third-order valence-corrected chi connectivity index (χ3v) is 6.99. The number of ether oxygens (including phenoxy) is 1. The number of likely N-dealkylation sites (tertiary alicyclic amines) is 1. The Bertz CT molecular complexity index is 1250. The van der Waals surface area contributed by atoms with E-state index in [1.165, 1.54) is 0 Å². The topological polar surface area (TPSA) is 83.2 Å². The molecule has 7 nitrogen and oxygen atoms in total. The number of benzene rings is 2. The summed E-state index contributed by atoms with van der Waals surface area (Å²) in [5.74, 6) is 1.40. The summed E-state index contributed by atoms with van der Waals surface area (Å²) >= 11 is 0.852. The number of aromatic hydroxyl groups is 1. The van der Waals surface area contributed by atoms with Crippen molar-refractivity contribution in [1.29, 1.82) is 0 Å². The number of phenolic OH excluding ortho intramolecular Hbond substituents is 1. The molecule has 2 aliphatic rings. The highest BCUT2D eigenvalue weighted by Crippen LogP contribution is 2.34. The molecule has 0 bridgehead atoms. The Morgan fingerprint density at radius 1 is 1.21 bits per heavy atom. The van der Waals surface area contributed by atoms with Gasteiger partial charge in [-0.15, -0.1) is 0 Å². The number of rotatable bonds is 6. The minimum atomic E-state index is -0.379. The molecule has 0 unspecified atom stereocenters. The monoisotopic (exact) mass is 464 g/mol. The van der Waals surface area contributed by atoms with Crippen LogP contribution in [0.25, 0.3) is 11.0 Å². The predicted molar refractivity (Wildman–Crippen MR) is 128 cm³/mol. The van der Waals surface area contributed by atoms with Gasteiger partial charge in [-0.3, -0.25) is 14.5 Å². The van der Waals surface area contributed by atoms with Crippen LogP contribution < -0.4 is 9.64 Å². The SMILES string of the molecule is C=C1SC(=O)N(c2ccc(OC[C@@H]3CCCN3Cc3c(C)oc4ccc(O)cc34)cc2)C1=O. The van der Waals surface area contributed by atoms with Crippen molar-refractivity contribution in [2.45, 2.75) is 32.4 Å². The summed E-state index contributed by atoms with van der Waals surface area (Å²) in [6.07, 6.45) is 2.13. The lowest BCUT2D eigenvalue weighted by molar-refractivity contribution is -0.113. The maximum Gasteiger partial charge on any atom is 0.298 e. The Labute approximate surface area is 195 Å². The Kier molecular flexibility index (Phi) is 5.64. The Morgan fingerprint density at radius 3 is 2.73 bits per heavy atom. The molecule has 2 aromatic carbocycles. The maximum atomic E-state index is 12.1. The zero-order chi connectivity index (χ0) is 23.1. The molecule has 1 N–H and O–H groups in total. The van der Waals surface area contributed by atoms with Crippen molar-refractivity contribution in [2.75, 3.05) is 18.1 Å². The first-order chi connectivity index (χ1) is 15.9. The van der Waals surface area contributed by atoms with E-state index in [0.29, 0.717) is 18.0 Å². The van der Waals surface area contributed by atoms with Gasteiger partial charge in [0, 0.05) is 23.5 Å². The van der Waals surface area contributed by atoms with E-state index in [1.807, 2.05) is 6.92 Å². The Morgan fingerprint density at radius 2 is 2.00 bits per heavy atom. The van der Waals surface area contributed by atoms with Crippen LogP contribution in [0.1, 0.15) is 24.2 Å². The number of aryl methyl sites for hydroxylation is 1. The summed E-state index contributed by atoms with van der Waals surface area (Å²) in [4.78, 5) is 27.9. The second kappa shape index (κ2) is 8.61. The van der Waals surface area contributed by atoms with Crippen LogP contribution in [0, 0.1) is 6.92 Å². The second-order valence-electron chi connectivity index (χ2n) is 8.32. The molecule has 170 valence electrons. The smallest absolute Gasteiger partial charge is 0.298 e. The average molecular weight is 465 g/mol. The molecule has 2 fully saturated rings. The minimum Gasteiger partial charge on any atom is -0.508 e. The summed E-state index contributed by atoms with van der Waals surface area (Å²) in [5.41, 5.74) is 2.39. The van der Waals surface area contributed by atoms with Crippen LogP contribution in [0.3, 0.4) is 0 Å². The summed E-state index contributed by atoms with van der Waals surface area (Å²) in [5, 5.41) is 10.5. The summed E-state index contributed by atoms with van der Waals surface area (Å²) in [6.45, 7) is 7.81. The Balaban J connectivity index is 1.24. The van der Waals surface area contributed by atoms with Gasteiger partial charge in [0.15, 0.2) is 0 Å². The van der Waals surface area contributed by atoms with Gasteiger partial charge in [-0.05, 0) is 80.5 Å². The average Bonchev–Trinajstić information content (AvgIpc) is 3.44. The van der Waals surface area contributed by atoms with Gasteiger partial charge in [0.05, 0.1) is 10.6 Å². The van der Waals surface area contributed by atoms with Gasteiger partial charge in [-0.25, -0.2) is 4.90 Å². The second-order valence-corrected chi connectivity index (χ2v) is 9.37. The van der Waals surface area contributed by atoms with E-state index in [4.69, 9.17) is 9.15 Å². The lowest BCUT2D eigenvalue weighted by Gasteiger charge is -2.24. The van der Waals surface area contributed by atoms with Crippen LogP contribution in [0.4, 0.5) is 10.5 Å². The molecule has 0 radical (unpaired) electrons. The fraction of sp³-hybridized carbons (Fsp3) is 0.280. The van der Waals surface area contributed by atoms with Gasteiger partial charge in [0.1, 0.15) is 29.4 Å². The number of furan rings is 1. The molecule has 2 amide bonds. The first-order valence-corrected chi connectivity index (χ1v) is 11.7. The molecule has 33 heavy (non-hydrogen) atoms. The van der Waals surface area contributed by atoms with Gasteiger partial charge < -0.3 is 14.3 Å². The highest BCUT2D eigenvalue weighted by molar-refractivity contribution is 8.18. The van der Waals surface area contributed by atoms with Crippen molar-refractivity contribution in [3.05, 3.63) is 65.3 Å². The molecule has 5 rings (SSSR count). The number of hydrogen-bond acceptors (Lipinski definition) is 7. The van der Waals surface area contributed by atoms with E-state index in [0.717, 1.165) is 64.9 Å². The fourth-order valence-corrected chi connectivity index (χ4v) is 5.13. The van der Waals surface area contributed by atoms with E-state index < -0.39 is 0 Å². The van der Waals surface area contributed by atoms with Gasteiger partial charge in [-0.1, -0.05) is 6.58 Å². The standard InChI is InChI=1S/C25H24N2O5S/c1-15-22(21-12-19(28)7-10-23(21)32-15)13-26-11-3-4-18(26)14-31-20-8-5-17(6-9-20)27-24(29)16(2)33-25(27)30/h5-10,12,18,28H,2-4,11,13-14H2,1H3/t18-/m0/s1. The molecule has 0 aliphatic carbocycles. The van der Waals surface area contributed by atoms with Gasteiger partial charge in [-0.2, -0.15) is 0 Å². The van der Waals surface area contributed by atoms with E-state index in [-0.39, 0.29) is 27.8 Å². The highest BCUT2D eigenvalue weighted by Gasteiger charge is 2.35. The molecule has 1 atom stereocenters. The number of nitrogens with zero attached hydrogens (tertiary/aromatic N) is 2. The van der Waals surface area contributed by atoms with E-state index >= 15 is 0 Å². The van der Waals surface area contributed by atoms with Gasteiger partial charge in [0.25, 0.3) is 11.1 Å². The van der Waals surface area contributed by atoms with E-state index in [9.17, 15) is 14.7 Å². The number of amides is 2. The predicted octanol–water partition coefficient (Wildman–Crippen LogP) is 5.20. The number of anilines is 1. The van der Waals surface area contributed by atoms with Crippen molar-refractivity contribution in [3.63, 3.8) is 0 Å². The lowest BCUT2D eigenvalue weighted by atomic mass is 10.1. The molecule has 8 heteroatoms. The van der Waals surface area contributed by atoms with Crippen LogP contribution in [-0.2, 0) is 11.3 Å². The van der Waals surface area contributed by atoms with Gasteiger partial charge >= 0.3 is 0 Å². The lowest BCUT2D eigenvalue weighted by Crippen LogP contribution is -2.33. The fourth-order valence-electron chi connectivity index (χ4n) is 4.46. The first kappa shape index (κ1) is 21.6. The van der Waals surface area contributed by atoms with E-state index in [1.54, 1.807) is 42.5 Å². The molecule has 2 aliphatic heterocycles. The molecule has 0 spiro atoms. The largest absolute Gasteiger partial charge is 0.508 e. The molecule has 3 heterocycles. The normalized spacial score (nSPS) is 19.2. The number of carbonyl (C=O) groups excluding carboxylic acids is 2. The third kappa shape index (κ3) is 4.12. The molecule has 1 aromatic heterocycles. The number of imide groups is 1. The van der Waals surface area contributed by atoms with E-state index in [2.05, 4.69) is 11.5 Å². The number of carbonyl (C=O) groups is 2. The van der Waals surface area contributed by atoms with Crippen molar-refractivity contribution >= 4 is 39.6 Å². The molecular weight excluding hydrogens is 440 g/mol. The van der Waals surface area contributed by atoms with Crippen molar-refractivity contribution in [3.8, 4) is 11.5 Å². The molecule has 2 saturated heterocycles. The van der Waals surface area contributed by atoms with Crippen molar-refractivity contribution in [2.24, 2.45) is 0 Å². The zero-order valence-corrected chi connectivity index (χ0v) is 19.1. The third-order valence-electron chi connectivity index (χ3n) is 6.21. The zero-order valence-electron chi connectivity index (χ0n) is 18.2. The van der Waals surface area contributed by atoms with Crippen LogP contribution in [0.2, 0.25) is 0 Å². The quantitative estimate of drug-likeness (QED) is 0.502. The van der Waals surface area contributed by atoms with Crippen LogP contribution in [-0.4, -0.2) is 40.3 Å². The first-order valence-electron chi connectivity index (χ1n) is 10.8. The van der Waals surface area contributed by atoms with Crippen molar-refractivity contribution in [1.82, 2.24) is 4.90 Å². The minimum absolute atomic E-state index is 0.231. The number of hydrogen-bond donors (Lipinski definition) is 1. The van der Waals surface area contributed by atoms with Crippen LogP contribution >= 0.6 is 11.8 Å². The number of thioether (sulfide) groups is 1. The van der Waals surface area contributed by atoms with Gasteiger partial charge in [0.2, 0.25) is 0 Å². The van der Waals surface area contributed by atoms with Crippen LogP contribution in [0.15, 0.2) is 58.4 Å². The summed E-state index contributed by atoms with van der Waals surface area (Å²) in [7, 11) is 0.